The second kappa shape index (κ2) is 4.29. The SMILES string of the molecule is Nc1nccc(-n2ccnc2-c2ccccc2)n1. The number of rotatable bonds is 2. The minimum atomic E-state index is 0.250. The monoisotopic (exact) mass is 237 g/mol. The largest absolute Gasteiger partial charge is 0.368 e. The van der Waals surface area contributed by atoms with Crippen LogP contribution in [0.5, 0.6) is 0 Å². The highest BCUT2D eigenvalue weighted by Crippen LogP contribution is 2.19. The van der Waals surface area contributed by atoms with Crippen LogP contribution < -0.4 is 5.73 Å². The summed E-state index contributed by atoms with van der Waals surface area (Å²) in [6, 6.07) is 11.7. The number of benzene rings is 1. The zero-order valence-corrected chi connectivity index (χ0v) is 9.56. The Morgan fingerprint density at radius 2 is 1.78 bits per heavy atom. The van der Waals surface area contributed by atoms with Crippen LogP contribution in [0.2, 0.25) is 0 Å². The van der Waals surface area contributed by atoms with E-state index in [9.17, 15) is 0 Å². The maximum atomic E-state index is 5.60. The van der Waals surface area contributed by atoms with Crippen molar-refractivity contribution >= 4 is 5.95 Å². The van der Waals surface area contributed by atoms with Crippen molar-refractivity contribution in [2.24, 2.45) is 0 Å². The highest BCUT2D eigenvalue weighted by atomic mass is 15.2. The molecule has 0 amide bonds. The first-order valence-electron chi connectivity index (χ1n) is 5.52. The summed E-state index contributed by atoms with van der Waals surface area (Å²) in [5.74, 6) is 1.78. The van der Waals surface area contributed by atoms with Gasteiger partial charge in [-0.15, -0.1) is 0 Å². The fourth-order valence-corrected chi connectivity index (χ4v) is 1.79. The Kier molecular flexibility index (Phi) is 2.49. The molecule has 0 saturated heterocycles. The number of nitrogens with two attached hydrogens (primary N) is 1. The Morgan fingerprint density at radius 1 is 0.944 bits per heavy atom. The number of hydrogen-bond donors (Lipinski definition) is 1. The van der Waals surface area contributed by atoms with Crippen LogP contribution in [0.25, 0.3) is 17.2 Å². The quantitative estimate of drug-likeness (QED) is 0.739. The van der Waals surface area contributed by atoms with Crippen molar-refractivity contribution < 1.29 is 0 Å². The van der Waals surface area contributed by atoms with Gasteiger partial charge < -0.3 is 5.73 Å². The molecular formula is C13H11N5. The van der Waals surface area contributed by atoms with E-state index in [0.717, 1.165) is 11.4 Å². The summed E-state index contributed by atoms with van der Waals surface area (Å²) >= 11 is 0. The molecule has 0 bridgehead atoms. The molecule has 0 atom stereocenters. The zero-order chi connectivity index (χ0) is 12.4. The third kappa shape index (κ3) is 1.82. The molecule has 0 spiro atoms. The first-order chi connectivity index (χ1) is 8.84. The summed E-state index contributed by atoms with van der Waals surface area (Å²) < 4.78 is 1.88. The van der Waals surface area contributed by atoms with Crippen molar-refractivity contribution in [3.8, 4) is 17.2 Å². The van der Waals surface area contributed by atoms with E-state index in [2.05, 4.69) is 15.0 Å². The molecule has 88 valence electrons. The summed E-state index contributed by atoms with van der Waals surface area (Å²) in [7, 11) is 0. The second-order valence-corrected chi connectivity index (χ2v) is 3.76. The van der Waals surface area contributed by atoms with Gasteiger partial charge in [-0.2, -0.15) is 4.98 Å². The van der Waals surface area contributed by atoms with E-state index in [0.29, 0.717) is 5.82 Å². The van der Waals surface area contributed by atoms with Gasteiger partial charge in [0, 0.05) is 24.2 Å². The Morgan fingerprint density at radius 3 is 2.56 bits per heavy atom. The van der Waals surface area contributed by atoms with E-state index >= 15 is 0 Å². The average Bonchev–Trinajstić information content (AvgIpc) is 2.89. The van der Waals surface area contributed by atoms with Gasteiger partial charge in [-0.3, -0.25) is 4.57 Å². The maximum absolute atomic E-state index is 5.60. The zero-order valence-electron chi connectivity index (χ0n) is 9.56. The first-order valence-corrected chi connectivity index (χ1v) is 5.52. The number of imidazole rings is 1. The Balaban J connectivity index is 2.13. The van der Waals surface area contributed by atoms with Crippen molar-refractivity contribution in [3.63, 3.8) is 0 Å². The van der Waals surface area contributed by atoms with Gasteiger partial charge in [0.25, 0.3) is 0 Å². The van der Waals surface area contributed by atoms with Crippen LogP contribution >= 0.6 is 0 Å². The number of aromatic nitrogens is 4. The molecule has 3 rings (SSSR count). The van der Waals surface area contributed by atoms with Crippen LogP contribution in [0.4, 0.5) is 5.95 Å². The number of nitrogen functional groups attached to an aromatic ring is 1. The van der Waals surface area contributed by atoms with Crippen molar-refractivity contribution in [1.29, 1.82) is 0 Å². The molecule has 2 aromatic heterocycles. The lowest BCUT2D eigenvalue weighted by molar-refractivity contribution is 0.986. The summed E-state index contributed by atoms with van der Waals surface area (Å²) in [6.07, 6.45) is 5.22. The van der Waals surface area contributed by atoms with Crippen LogP contribution in [-0.2, 0) is 0 Å². The third-order valence-electron chi connectivity index (χ3n) is 2.58. The standard InChI is InChI=1S/C13H11N5/c14-13-16-7-6-11(17-13)18-9-8-15-12(18)10-4-2-1-3-5-10/h1-9H,(H2,14,16,17). The van der Waals surface area contributed by atoms with Crippen molar-refractivity contribution in [1.82, 2.24) is 19.5 Å². The van der Waals surface area contributed by atoms with Gasteiger partial charge in [0.1, 0.15) is 11.6 Å². The Bertz CT molecular complexity index is 660. The second-order valence-electron chi connectivity index (χ2n) is 3.76. The highest BCUT2D eigenvalue weighted by molar-refractivity contribution is 5.57. The van der Waals surface area contributed by atoms with Gasteiger partial charge in [0.05, 0.1) is 0 Å². The van der Waals surface area contributed by atoms with Gasteiger partial charge in [-0.05, 0) is 6.07 Å². The molecule has 5 heteroatoms. The van der Waals surface area contributed by atoms with Gasteiger partial charge in [-0.1, -0.05) is 30.3 Å². The predicted molar refractivity (Wildman–Crippen MR) is 69.0 cm³/mol. The molecule has 0 fully saturated rings. The molecule has 0 saturated carbocycles. The van der Waals surface area contributed by atoms with Crippen molar-refractivity contribution in [2.75, 3.05) is 5.73 Å². The Hall–Kier alpha value is -2.69. The lowest BCUT2D eigenvalue weighted by Crippen LogP contribution is -2.02. The normalized spacial score (nSPS) is 10.4. The van der Waals surface area contributed by atoms with E-state index < -0.39 is 0 Å². The molecule has 5 nitrogen and oxygen atoms in total. The van der Waals surface area contributed by atoms with E-state index in [4.69, 9.17) is 5.73 Å². The number of anilines is 1. The predicted octanol–water partition coefficient (Wildman–Crippen LogP) is 1.91. The summed E-state index contributed by atoms with van der Waals surface area (Å²) in [5.41, 5.74) is 6.62. The van der Waals surface area contributed by atoms with Crippen LogP contribution in [0, 0.1) is 0 Å². The Labute approximate surface area is 104 Å². The fraction of sp³-hybridized carbons (Fsp3) is 0. The molecule has 1 aromatic carbocycles. The molecule has 2 N–H and O–H groups in total. The lowest BCUT2D eigenvalue weighted by atomic mass is 10.2. The van der Waals surface area contributed by atoms with Crippen LogP contribution in [-0.4, -0.2) is 19.5 Å². The summed E-state index contributed by atoms with van der Waals surface area (Å²) in [6.45, 7) is 0. The van der Waals surface area contributed by atoms with Crippen LogP contribution in [0.3, 0.4) is 0 Å². The minimum Gasteiger partial charge on any atom is -0.368 e. The molecule has 0 aliphatic rings. The highest BCUT2D eigenvalue weighted by Gasteiger charge is 2.08. The molecular weight excluding hydrogens is 226 g/mol. The first kappa shape index (κ1) is 10.5. The lowest BCUT2D eigenvalue weighted by Gasteiger charge is -2.06. The van der Waals surface area contributed by atoms with Crippen LogP contribution in [0.1, 0.15) is 0 Å². The van der Waals surface area contributed by atoms with Gasteiger partial charge in [0.2, 0.25) is 5.95 Å². The molecule has 0 unspecified atom stereocenters. The fourth-order valence-electron chi connectivity index (χ4n) is 1.79. The van der Waals surface area contributed by atoms with E-state index in [1.54, 1.807) is 18.5 Å². The summed E-state index contributed by atoms with van der Waals surface area (Å²) in [5, 5.41) is 0. The average molecular weight is 237 g/mol. The number of hydrogen-bond acceptors (Lipinski definition) is 4. The molecule has 2 heterocycles. The van der Waals surface area contributed by atoms with E-state index in [1.165, 1.54) is 0 Å². The van der Waals surface area contributed by atoms with Crippen molar-refractivity contribution in [2.45, 2.75) is 0 Å². The van der Waals surface area contributed by atoms with Crippen LogP contribution in [0.15, 0.2) is 55.0 Å². The van der Waals surface area contributed by atoms with Crippen molar-refractivity contribution in [3.05, 3.63) is 55.0 Å². The number of nitrogens with zero attached hydrogens (tertiary/aromatic N) is 4. The molecule has 0 radical (unpaired) electrons. The topological polar surface area (TPSA) is 69.6 Å². The summed E-state index contributed by atoms with van der Waals surface area (Å²) in [4.78, 5) is 12.4. The molecule has 0 aliphatic heterocycles. The minimum absolute atomic E-state index is 0.250. The van der Waals surface area contributed by atoms with Gasteiger partial charge >= 0.3 is 0 Å². The van der Waals surface area contributed by atoms with Gasteiger partial charge in [0.15, 0.2) is 0 Å². The smallest absolute Gasteiger partial charge is 0.221 e. The molecule has 3 aromatic rings. The molecule has 0 aliphatic carbocycles. The van der Waals surface area contributed by atoms with Gasteiger partial charge in [-0.25, -0.2) is 9.97 Å². The van der Waals surface area contributed by atoms with E-state index in [-0.39, 0.29) is 5.95 Å². The molecule has 18 heavy (non-hydrogen) atoms. The van der Waals surface area contributed by atoms with E-state index in [1.807, 2.05) is 41.1 Å². The third-order valence-corrected chi connectivity index (χ3v) is 2.58. The maximum Gasteiger partial charge on any atom is 0.221 e.